The van der Waals surface area contributed by atoms with Gasteiger partial charge in [0, 0.05) is 13.1 Å². The maximum atomic E-state index is 11.8. The van der Waals surface area contributed by atoms with E-state index in [-0.39, 0.29) is 17.4 Å². The first-order valence-corrected chi connectivity index (χ1v) is 8.57. The van der Waals surface area contributed by atoms with Crippen LogP contribution in [0.25, 0.3) is 0 Å². The summed E-state index contributed by atoms with van der Waals surface area (Å²) in [6.07, 6.45) is 10.1. The summed E-state index contributed by atoms with van der Waals surface area (Å²) in [4.78, 5) is 24.9. The average Bonchev–Trinajstić information content (AvgIpc) is 3.22. The molecule has 0 aromatic carbocycles. The van der Waals surface area contributed by atoms with Crippen LogP contribution >= 0.6 is 11.6 Å². The number of hydrogen-bond donors (Lipinski definition) is 0. The highest BCUT2D eigenvalue weighted by molar-refractivity contribution is 6.28. The van der Waals surface area contributed by atoms with Gasteiger partial charge in [-0.3, -0.25) is 0 Å². The Balaban J connectivity index is 1.84. The topological polar surface area (TPSA) is 49.3 Å². The maximum Gasteiger partial charge on any atom is 0.224 e. The predicted molar refractivity (Wildman–Crippen MR) is 86.5 cm³/mol. The van der Waals surface area contributed by atoms with Gasteiger partial charge < -0.3 is 14.6 Å². The Hall–Kier alpha value is -1.36. The molecular weight excluding hydrogens is 300 g/mol. The van der Waals surface area contributed by atoms with Crippen LogP contribution < -0.4 is 9.80 Å². The lowest BCUT2D eigenvalue weighted by atomic mass is 9.95. The summed E-state index contributed by atoms with van der Waals surface area (Å²) < 4.78 is 0. The molecule has 0 radical (unpaired) electrons. The Morgan fingerprint density at radius 2 is 2.00 bits per heavy atom. The van der Waals surface area contributed by atoms with Crippen LogP contribution in [0.5, 0.6) is 0 Å². The van der Waals surface area contributed by atoms with Crippen LogP contribution in [0.15, 0.2) is 6.20 Å². The van der Waals surface area contributed by atoms with Crippen molar-refractivity contribution in [2.45, 2.75) is 56.7 Å². The Bertz CT molecular complexity index is 586. The molecule has 22 heavy (non-hydrogen) atoms. The minimum absolute atomic E-state index is 0.120. The fourth-order valence-electron chi connectivity index (χ4n) is 4.19. The summed E-state index contributed by atoms with van der Waals surface area (Å²) in [5.74, 6) is 1.52. The van der Waals surface area contributed by atoms with Crippen molar-refractivity contribution >= 4 is 29.4 Å². The molecule has 2 fully saturated rings. The molecule has 5 nitrogen and oxygen atoms in total. The van der Waals surface area contributed by atoms with Crippen molar-refractivity contribution in [3.63, 3.8) is 0 Å². The Kier molecular flexibility index (Phi) is 3.48. The summed E-state index contributed by atoms with van der Waals surface area (Å²) in [5.41, 5.74) is 0.922. The third-order valence-corrected chi connectivity index (χ3v) is 5.61. The van der Waals surface area contributed by atoms with Gasteiger partial charge >= 0.3 is 0 Å². The lowest BCUT2D eigenvalue weighted by Crippen LogP contribution is -2.60. The second-order valence-electron chi connectivity index (χ2n) is 6.76. The van der Waals surface area contributed by atoms with Crippen molar-refractivity contribution in [2.24, 2.45) is 5.92 Å². The van der Waals surface area contributed by atoms with Gasteiger partial charge in [-0.05, 0) is 43.2 Å². The third-order valence-electron chi connectivity index (χ3n) is 5.43. The van der Waals surface area contributed by atoms with E-state index < -0.39 is 0 Å². The molecule has 2 heterocycles. The van der Waals surface area contributed by atoms with Gasteiger partial charge in [-0.2, -0.15) is 4.98 Å². The monoisotopic (exact) mass is 320 g/mol. The molecule has 3 aliphatic rings. The van der Waals surface area contributed by atoms with E-state index in [9.17, 15) is 4.79 Å². The van der Waals surface area contributed by atoms with Gasteiger partial charge in [0.1, 0.15) is 12.3 Å². The Morgan fingerprint density at radius 1 is 1.27 bits per heavy atom. The third kappa shape index (κ3) is 2.18. The SMILES string of the molecule is CN1c2cnc(Cl)nc2N(C2CCCC2)[C@H](C2CC2)C1C=O. The van der Waals surface area contributed by atoms with Crippen molar-refractivity contribution in [3.8, 4) is 0 Å². The molecule has 2 atom stereocenters. The van der Waals surface area contributed by atoms with Gasteiger partial charge in [-0.25, -0.2) is 4.98 Å². The van der Waals surface area contributed by atoms with Crippen LogP contribution in [-0.2, 0) is 4.79 Å². The number of halogens is 1. The van der Waals surface area contributed by atoms with E-state index in [0.717, 1.165) is 17.8 Å². The molecule has 0 spiro atoms. The highest BCUT2D eigenvalue weighted by Crippen LogP contribution is 2.47. The van der Waals surface area contributed by atoms with Gasteiger partial charge in [0.05, 0.1) is 17.9 Å². The van der Waals surface area contributed by atoms with Gasteiger partial charge in [0.25, 0.3) is 0 Å². The molecule has 1 unspecified atom stereocenters. The maximum absolute atomic E-state index is 11.8. The van der Waals surface area contributed by atoms with Crippen LogP contribution in [0.2, 0.25) is 5.28 Å². The molecule has 1 aromatic rings. The zero-order valence-corrected chi connectivity index (χ0v) is 13.5. The number of anilines is 2. The quantitative estimate of drug-likeness (QED) is 0.633. The molecule has 1 aliphatic heterocycles. The molecular formula is C16H21ClN4O. The lowest BCUT2D eigenvalue weighted by Gasteiger charge is -2.48. The number of aldehydes is 1. The van der Waals surface area contributed by atoms with Gasteiger partial charge in [0.15, 0.2) is 5.82 Å². The van der Waals surface area contributed by atoms with E-state index in [4.69, 9.17) is 11.6 Å². The Labute approximate surface area is 135 Å². The van der Waals surface area contributed by atoms with Gasteiger partial charge in [-0.1, -0.05) is 12.8 Å². The number of hydrogen-bond acceptors (Lipinski definition) is 5. The van der Waals surface area contributed by atoms with Crippen LogP contribution in [-0.4, -0.2) is 41.4 Å². The number of likely N-dealkylation sites (N-methyl/N-ethyl adjacent to an activating group) is 1. The standard InChI is InChI=1S/C16H21ClN4O/c1-20-12-8-18-16(17)19-15(12)21(11-4-2-3-5-11)14(10-6-7-10)13(20)9-22/h8-11,13-14H,2-7H2,1H3/t13?,14-/m1/s1. The number of aromatic nitrogens is 2. The van der Waals surface area contributed by atoms with Crippen molar-refractivity contribution in [1.82, 2.24) is 9.97 Å². The number of nitrogens with zero attached hydrogens (tertiary/aromatic N) is 4. The molecule has 2 aliphatic carbocycles. The first kappa shape index (κ1) is 14.2. The zero-order chi connectivity index (χ0) is 15.3. The molecule has 0 bridgehead atoms. The van der Waals surface area contributed by atoms with Crippen LogP contribution in [0.1, 0.15) is 38.5 Å². The minimum Gasteiger partial charge on any atom is -0.359 e. The molecule has 0 amide bonds. The highest BCUT2D eigenvalue weighted by atomic mass is 35.5. The highest BCUT2D eigenvalue weighted by Gasteiger charge is 2.49. The summed E-state index contributed by atoms with van der Waals surface area (Å²) in [6, 6.07) is 0.584. The minimum atomic E-state index is -0.120. The van der Waals surface area contributed by atoms with Gasteiger partial charge in [0.2, 0.25) is 5.28 Å². The molecule has 2 saturated carbocycles. The van der Waals surface area contributed by atoms with Gasteiger partial charge in [-0.15, -0.1) is 0 Å². The molecule has 118 valence electrons. The van der Waals surface area contributed by atoms with E-state index in [1.807, 2.05) is 11.9 Å². The number of fused-ring (bicyclic) bond motifs is 1. The van der Waals surface area contributed by atoms with E-state index in [0.29, 0.717) is 12.0 Å². The zero-order valence-electron chi connectivity index (χ0n) is 12.8. The molecule has 1 aromatic heterocycles. The summed E-state index contributed by atoms with van der Waals surface area (Å²) in [6.45, 7) is 0. The molecule has 4 rings (SSSR count). The first-order chi connectivity index (χ1) is 10.7. The summed E-state index contributed by atoms with van der Waals surface area (Å²) >= 11 is 6.07. The van der Waals surface area contributed by atoms with Crippen LogP contribution in [0.4, 0.5) is 11.5 Å². The molecule has 0 saturated heterocycles. The largest absolute Gasteiger partial charge is 0.359 e. The van der Waals surface area contributed by atoms with E-state index in [2.05, 4.69) is 14.9 Å². The fourth-order valence-corrected chi connectivity index (χ4v) is 4.32. The van der Waals surface area contributed by atoms with Crippen molar-refractivity contribution < 1.29 is 4.79 Å². The predicted octanol–water partition coefficient (Wildman–Crippen LogP) is 2.67. The number of carbonyl (C=O) groups is 1. The second kappa shape index (κ2) is 5.37. The first-order valence-electron chi connectivity index (χ1n) is 8.19. The lowest BCUT2D eigenvalue weighted by molar-refractivity contribution is -0.109. The normalized spacial score (nSPS) is 28.8. The van der Waals surface area contributed by atoms with Crippen LogP contribution in [0.3, 0.4) is 0 Å². The Morgan fingerprint density at radius 3 is 2.64 bits per heavy atom. The average molecular weight is 321 g/mol. The van der Waals surface area contributed by atoms with E-state index in [1.54, 1.807) is 6.20 Å². The molecule has 6 heteroatoms. The van der Waals surface area contributed by atoms with E-state index >= 15 is 0 Å². The summed E-state index contributed by atoms with van der Waals surface area (Å²) in [7, 11) is 1.97. The van der Waals surface area contributed by atoms with Crippen LogP contribution in [0, 0.1) is 5.92 Å². The van der Waals surface area contributed by atoms with Crippen molar-refractivity contribution in [1.29, 1.82) is 0 Å². The number of carbonyl (C=O) groups excluding carboxylic acids is 1. The fraction of sp³-hybridized carbons (Fsp3) is 0.688. The van der Waals surface area contributed by atoms with Crippen molar-refractivity contribution in [2.75, 3.05) is 16.8 Å². The summed E-state index contributed by atoms with van der Waals surface area (Å²) in [5, 5.41) is 0.286. The smallest absolute Gasteiger partial charge is 0.224 e. The second-order valence-corrected chi connectivity index (χ2v) is 7.10. The number of rotatable bonds is 3. The molecule has 0 N–H and O–H groups in total. The van der Waals surface area contributed by atoms with Crippen molar-refractivity contribution in [3.05, 3.63) is 11.5 Å². The van der Waals surface area contributed by atoms with E-state index in [1.165, 1.54) is 38.5 Å².